The van der Waals surface area contributed by atoms with Crippen LogP contribution in [-0.4, -0.2) is 11.1 Å². The van der Waals surface area contributed by atoms with E-state index in [-0.39, 0.29) is 11.6 Å². The van der Waals surface area contributed by atoms with Crippen LogP contribution in [0.5, 0.6) is 0 Å². The minimum atomic E-state index is -0.701. The Hall–Kier alpha value is -0.570. The maximum atomic E-state index is 10.9. The van der Waals surface area contributed by atoms with Crippen molar-refractivity contribution in [2.45, 2.75) is 41.0 Å². The largest absolute Gasteiger partial charge is 0.481 e. The Bertz CT molecular complexity index is 160. The van der Waals surface area contributed by atoms with Gasteiger partial charge in [-0.05, 0) is 18.8 Å². The Labute approximate surface area is 74.8 Å². The van der Waals surface area contributed by atoms with Crippen molar-refractivity contribution < 1.29 is 9.90 Å². The molecule has 0 aliphatic carbocycles. The van der Waals surface area contributed by atoms with E-state index in [1.165, 1.54) is 0 Å². The fourth-order valence-corrected chi connectivity index (χ4v) is 1.00. The van der Waals surface area contributed by atoms with Gasteiger partial charge in [0, 0.05) is 0 Å². The third-order valence-corrected chi connectivity index (χ3v) is 2.83. The summed E-state index contributed by atoms with van der Waals surface area (Å²) in [5.41, 5.74) is -0.777. The topological polar surface area (TPSA) is 72.3 Å². The molecule has 0 amide bonds. The van der Waals surface area contributed by atoms with Crippen LogP contribution in [0.15, 0.2) is 0 Å². The van der Waals surface area contributed by atoms with E-state index in [4.69, 9.17) is 5.11 Å². The van der Waals surface area contributed by atoms with E-state index in [2.05, 4.69) is 0 Å². The molecule has 0 rings (SSSR count). The molecule has 0 saturated carbocycles. The lowest BCUT2D eigenvalue weighted by Gasteiger charge is -2.37. The molecule has 1 atom stereocenters. The van der Waals surface area contributed by atoms with Crippen molar-refractivity contribution in [1.29, 1.82) is 0 Å². The summed E-state index contributed by atoms with van der Waals surface area (Å²) in [6, 6.07) is 0. The number of hydrogen-bond donors (Lipinski definition) is 2. The molecule has 0 radical (unpaired) electrons. The van der Waals surface area contributed by atoms with Crippen LogP contribution in [-0.2, 0) is 4.79 Å². The van der Waals surface area contributed by atoms with Gasteiger partial charge >= 0.3 is 5.97 Å². The van der Waals surface area contributed by atoms with Gasteiger partial charge in [0.25, 0.3) is 0 Å². The second-order valence-electron chi connectivity index (χ2n) is 4.24. The van der Waals surface area contributed by atoms with Crippen molar-refractivity contribution in [3.05, 3.63) is 0 Å². The summed E-state index contributed by atoms with van der Waals surface area (Å²) in [4.78, 5) is 10.9. The lowest BCUT2D eigenvalue weighted by molar-refractivity contribution is -0.154. The zero-order chi connectivity index (χ0) is 9.28. The Morgan fingerprint density at radius 2 is 1.58 bits per heavy atom. The standard InChI is InChI=1S/C9H18O2.H3N/c1-6-9(5,7(10)11)8(2,3)4;/h6H2,1-5H3,(H,10,11);1H3. The van der Waals surface area contributed by atoms with E-state index in [0.717, 1.165) is 0 Å². The van der Waals surface area contributed by atoms with Gasteiger partial charge in [-0.25, -0.2) is 0 Å². The smallest absolute Gasteiger partial charge is 0.309 e. The summed E-state index contributed by atoms with van der Waals surface area (Å²) >= 11 is 0. The summed E-state index contributed by atoms with van der Waals surface area (Å²) in [5, 5.41) is 8.97. The maximum absolute atomic E-state index is 10.9. The first-order valence-electron chi connectivity index (χ1n) is 3.99. The quantitative estimate of drug-likeness (QED) is 0.677. The fraction of sp³-hybridized carbons (Fsp3) is 0.889. The Balaban J connectivity index is 0. The highest BCUT2D eigenvalue weighted by molar-refractivity contribution is 5.75. The normalized spacial score (nSPS) is 16.1. The van der Waals surface area contributed by atoms with E-state index in [1.54, 1.807) is 6.92 Å². The SMILES string of the molecule is CCC(C)(C(=O)O)C(C)(C)C.N. The molecule has 4 N–H and O–H groups in total. The fourth-order valence-electron chi connectivity index (χ4n) is 1.00. The van der Waals surface area contributed by atoms with Crippen molar-refractivity contribution >= 4 is 5.97 Å². The molecular weight excluding hydrogens is 154 g/mol. The lowest BCUT2D eigenvalue weighted by Crippen LogP contribution is -2.39. The number of carboxylic acid groups (broad SMARTS) is 1. The van der Waals surface area contributed by atoms with Crippen molar-refractivity contribution in [2.24, 2.45) is 10.8 Å². The Morgan fingerprint density at radius 1 is 1.25 bits per heavy atom. The molecule has 0 aromatic rings. The molecule has 0 spiro atoms. The van der Waals surface area contributed by atoms with Crippen molar-refractivity contribution in [2.75, 3.05) is 0 Å². The van der Waals surface area contributed by atoms with Gasteiger partial charge in [0.2, 0.25) is 0 Å². The average Bonchev–Trinajstić information content (AvgIpc) is 1.83. The summed E-state index contributed by atoms with van der Waals surface area (Å²) in [6.45, 7) is 9.61. The van der Waals surface area contributed by atoms with Crippen LogP contribution in [0.2, 0.25) is 0 Å². The van der Waals surface area contributed by atoms with Gasteiger partial charge in [0.05, 0.1) is 5.41 Å². The van der Waals surface area contributed by atoms with Crippen molar-refractivity contribution in [3.8, 4) is 0 Å². The zero-order valence-electron chi connectivity index (χ0n) is 8.77. The van der Waals surface area contributed by atoms with E-state index in [0.29, 0.717) is 6.42 Å². The zero-order valence-corrected chi connectivity index (χ0v) is 8.77. The molecule has 3 heteroatoms. The van der Waals surface area contributed by atoms with Crippen molar-refractivity contribution in [1.82, 2.24) is 6.15 Å². The predicted octanol–water partition coefficient (Wildman–Crippen LogP) is 2.70. The highest BCUT2D eigenvalue weighted by Gasteiger charge is 2.42. The minimum absolute atomic E-state index is 0. The van der Waals surface area contributed by atoms with Crippen LogP contribution < -0.4 is 6.15 Å². The summed E-state index contributed by atoms with van der Waals surface area (Å²) in [7, 11) is 0. The maximum Gasteiger partial charge on any atom is 0.309 e. The van der Waals surface area contributed by atoms with Crippen LogP contribution in [0.4, 0.5) is 0 Å². The van der Waals surface area contributed by atoms with Crippen LogP contribution in [0.25, 0.3) is 0 Å². The first-order valence-corrected chi connectivity index (χ1v) is 3.99. The third kappa shape index (κ3) is 2.21. The number of carboxylic acids is 1. The van der Waals surface area contributed by atoms with Crippen LogP contribution in [0, 0.1) is 10.8 Å². The van der Waals surface area contributed by atoms with Crippen LogP contribution >= 0.6 is 0 Å². The van der Waals surface area contributed by atoms with E-state index >= 15 is 0 Å². The van der Waals surface area contributed by atoms with Gasteiger partial charge in [-0.15, -0.1) is 0 Å². The van der Waals surface area contributed by atoms with E-state index < -0.39 is 11.4 Å². The molecular formula is C9H21NO2. The molecule has 1 unspecified atom stereocenters. The molecule has 0 fully saturated rings. The lowest BCUT2D eigenvalue weighted by atomic mass is 9.66. The van der Waals surface area contributed by atoms with Crippen LogP contribution in [0.1, 0.15) is 41.0 Å². The second kappa shape index (κ2) is 3.90. The van der Waals surface area contributed by atoms with Gasteiger partial charge in [-0.3, -0.25) is 4.79 Å². The first kappa shape index (κ1) is 14.0. The number of aliphatic carboxylic acids is 1. The molecule has 0 aromatic heterocycles. The Kier molecular flexibility index (Phi) is 4.54. The summed E-state index contributed by atoms with van der Waals surface area (Å²) in [6.07, 6.45) is 0.672. The van der Waals surface area contributed by atoms with E-state index in [9.17, 15) is 4.79 Å². The molecule has 0 bridgehead atoms. The molecule has 0 heterocycles. The number of hydrogen-bond acceptors (Lipinski definition) is 2. The molecule has 12 heavy (non-hydrogen) atoms. The average molecular weight is 175 g/mol. The monoisotopic (exact) mass is 175 g/mol. The molecule has 0 aliphatic heterocycles. The van der Waals surface area contributed by atoms with Crippen LogP contribution in [0.3, 0.4) is 0 Å². The minimum Gasteiger partial charge on any atom is -0.481 e. The van der Waals surface area contributed by atoms with Gasteiger partial charge in [-0.2, -0.15) is 0 Å². The van der Waals surface area contributed by atoms with E-state index in [1.807, 2.05) is 27.7 Å². The first-order chi connectivity index (χ1) is 4.75. The second-order valence-corrected chi connectivity index (χ2v) is 4.24. The van der Waals surface area contributed by atoms with Crippen molar-refractivity contribution in [3.63, 3.8) is 0 Å². The molecule has 0 saturated heterocycles. The Morgan fingerprint density at radius 3 is 1.58 bits per heavy atom. The highest BCUT2D eigenvalue weighted by atomic mass is 16.4. The van der Waals surface area contributed by atoms with Gasteiger partial charge in [-0.1, -0.05) is 27.7 Å². The summed E-state index contributed by atoms with van der Waals surface area (Å²) in [5.74, 6) is -0.701. The number of rotatable bonds is 2. The highest BCUT2D eigenvalue weighted by Crippen LogP contribution is 2.41. The van der Waals surface area contributed by atoms with Gasteiger partial charge in [0.1, 0.15) is 0 Å². The summed E-state index contributed by atoms with van der Waals surface area (Å²) < 4.78 is 0. The molecule has 74 valence electrons. The third-order valence-electron chi connectivity index (χ3n) is 2.83. The molecule has 0 aromatic carbocycles. The van der Waals surface area contributed by atoms with Gasteiger partial charge in [0.15, 0.2) is 0 Å². The predicted molar refractivity (Wildman–Crippen MR) is 50.5 cm³/mol. The number of carbonyl (C=O) groups is 1. The molecule has 3 nitrogen and oxygen atoms in total. The molecule has 0 aliphatic rings. The van der Waals surface area contributed by atoms with Gasteiger partial charge < -0.3 is 11.3 Å².